The molecule has 0 saturated heterocycles. The zero-order valence-electron chi connectivity index (χ0n) is 8.03. The van der Waals surface area contributed by atoms with Crippen molar-refractivity contribution >= 4 is 6.72 Å². The number of rotatable bonds is 5. The van der Waals surface area contributed by atoms with Gasteiger partial charge in [0.15, 0.2) is 0 Å². The highest BCUT2D eigenvalue weighted by Crippen LogP contribution is 2.12. The van der Waals surface area contributed by atoms with Crippen molar-refractivity contribution in [3.8, 4) is 0 Å². The Morgan fingerprint density at radius 1 is 1.23 bits per heavy atom. The van der Waals surface area contributed by atoms with Crippen LogP contribution in [0.2, 0.25) is 0 Å². The summed E-state index contributed by atoms with van der Waals surface area (Å²) in [4.78, 5) is 3.89. The summed E-state index contributed by atoms with van der Waals surface area (Å²) in [5.41, 5.74) is 1.72. The Labute approximate surface area is 80.2 Å². The van der Waals surface area contributed by atoms with Crippen LogP contribution in [0.4, 0.5) is 0 Å². The zero-order chi connectivity index (χ0) is 10.1. The normalized spacial score (nSPS) is 13.0. The van der Waals surface area contributed by atoms with Crippen molar-refractivity contribution in [2.75, 3.05) is 0 Å². The zero-order valence-corrected chi connectivity index (χ0v) is 8.03. The average molecular weight is 173 g/mol. The monoisotopic (exact) mass is 173 g/mol. The van der Waals surface area contributed by atoms with Gasteiger partial charge in [-0.05, 0) is 25.3 Å². The van der Waals surface area contributed by atoms with Crippen molar-refractivity contribution < 1.29 is 0 Å². The highest BCUT2D eigenvalue weighted by Gasteiger charge is 1.94. The molecular formula is C12H15N. The molecule has 0 aromatic rings. The van der Waals surface area contributed by atoms with Gasteiger partial charge in [-0.1, -0.05) is 43.5 Å². The molecule has 0 aliphatic heterocycles. The maximum absolute atomic E-state index is 3.89. The van der Waals surface area contributed by atoms with Gasteiger partial charge >= 0.3 is 0 Å². The van der Waals surface area contributed by atoms with Crippen LogP contribution in [-0.4, -0.2) is 6.72 Å². The van der Waals surface area contributed by atoms with Gasteiger partial charge in [-0.25, -0.2) is 0 Å². The molecule has 0 amide bonds. The number of nitrogens with zero attached hydrogens (tertiary/aromatic N) is 1. The van der Waals surface area contributed by atoms with Crippen LogP contribution in [0.3, 0.4) is 0 Å². The predicted octanol–water partition coefficient (Wildman–Crippen LogP) is 3.45. The Balaban J connectivity index is 4.93. The van der Waals surface area contributed by atoms with E-state index in [9.17, 15) is 0 Å². The summed E-state index contributed by atoms with van der Waals surface area (Å²) in [6.07, 6.45) is 11.0. The van der Waals surface area contributed by atoms with E-state index in [4.69, 9.17) is 0 Å². The summed E-state index contributed by atoms with van der Waals surface area (Å²) >= 11 is 0. The van der Waals surface area contributed by atoms with Crippen LogP contribution in [0.25, 0.3) is 0 Å². The van der Waals surface area contributed by atoms with Crippen LogP contribution < -0.4 is 0 Å². The van der Waals surface area contributed by atoms with E-state index in [1.165, 1.54) is 0 Å². The molecule has 1 heteroatoms. The fraction of sp³-hybridized carbons (Fsp3) is 0.0833. The molecule has 0 rings (SSSR count). The van der Waals surface area contributed by atoms with Gasteiger partial charge in [-0.2, -0.15) is 0 Å². The van der Waals surface area contributed by atoms with Crippen LogP contribution in [-0.2, 0) is 0 Å². The molecule has 0 bridgehead atoms. The Hall–Kier alpha value is -1.63. The molecule has 0 unspecified atom stereocenters. The second-order valence-electron chi connectivity index (χ2n) is 2.30. The lowest BCUT2D eigenvalue weighted by Crippen LogP contribution is -1.81. The standard InChI is InChI=1S/C12H15N/c1-5-8-10-12(13-4)11(7-3)9-6-2/h5-10H,2-4H2,1H3/b8-5-,11-9+,12-10-. The molecular weight excluding hydrogens is 158 g/mol. The summed E-state index contributed by atoms with van der Waals surface area (Å²) < 4.78 is 0. The second-order valence-corrected chi connectivity index (χ2v) is 2.30. The highest BCUT2D eigenvalue weighted by atomic mass is 14.7. The maximum atomic E-state index is 3.89. The molecule has 0 heterocycles. The second kappa shape index (κ2) is 7.04. The van der Waals surface area contributed by atoms with Crippen LogP contribution in [0.5, 0.6) is 0 Å². The molecule has 0 aromatic carbocycles. The summed E-state index contributed by atoms with van der Waals surface area (Å²) in [6.45, 7) is 12.7. The third-order valence-corrected chi connectivity index (χ3v) is 1.43. The molecule has 0 atom stereocenters. The average Bonchev–Trinajstić information content (AvgIpc) is 2.17. The molecule has 0 spiro atoms. The number of hydrogen-bond donors (Lipinski definition) is 0. The summed E-state index contributed by atoms with van der Waals surface area (Å²) in [5, 5.41) is 0. The maximum Gasteiger partial charge on any atom is 0.0694 e. The topological polar surface area (TPSA) is 12.4 Å². The van der Waals surface area contributed by atoms with E-state index in [0.29, 0.717) is 0 Å². The molecule has 0 aliphatic carbocycles. The van der Waals surface area contributed by atoms with Gasteiger partial charge in [-0.15, -0.1) is 0 Å². The molecule has 0 N–H and O–H groups in total. The van der Waals surface area contributed by atoms with E-state index in [2.05, 4.69) is 24.9 Å². The minimum absolute atomic E-state index is 0.799. The van der Waals surface area contributed by atoms with Gasteiger partial charge in [0, 0.05) is 0 Å². The Bertz CT molecular complexity index is 277. The van der Waals surface area contributed by atoms with Gasteiger partial charge in [0.25, 0.3) is 0 Å². The van der Waals surface area contributed by atoms with Crippen LogP contribution in [0, 0.1) is 0 Å². The lowest BCUT2D eigenvalue weighted by atomic mass is 10.1. The smallest absolute Gasteiger partial charge is 0.0694 e. The Kier molecular flexibility index (Phi) is 6.16. The van der Waals surface area contributed by atoms with E-state index < -0.39 is 0 Å². The van der Waals surface area contributed by atoms with Gasteiger partial charge in [0.2, 0.25) is 0 Å². The van der Waals surface area contributed by atoms with Crippen molar-refractivity contribution in [1.29, 1.82) is 0 Å². The van der Waals surface area contributed by atoms with Crippen LogP contribution in [0.15, 0.2) is 65.9 Å². The molecule has 0 radical (unpaired) electrons. The molecule has 0 aliphatic rings. The van der Waals surface area contributed by atoms with Crippen molar-refractivity contribution in [3.05, 3.63) is 60.9 Å². The van der Waals surface area contributed by atoms with Gasteiger partial charge < -0.3 is 0 Å². The fourth-order valence-corrected chi connectivity index (χ4v) is 0.813. The van der Waals surface area contributed by atoms with Crippen LogP contribution in [0.1, 0.15) is 6.92 Å². The first-order valence-corrected chi connectivity index (χ1v) is 4.05. The predicted molar refractivity (Wildman–Crippen MR) is 60.9 cm³/mol. The first-order valence-electron chi connectivity index (χ1n) is 4.05. The molecule has 13 heavy (non-hydrogen) atoms. The van der Waals surface area contributed by atoms with E-state index in [0.717, 1.165) is 11.3 Å². The van der Waals surface area contributed by atoms with Crippen molar-refractivity contribution in [1.82, 2.24) is 0 Å². The number of aliphatic imine (C=N–C) groups is 1. The molecule has 1 nitrogen and oxygen atoms in total. The van der Waals surface area contributed by atoms with Crippen molar-refractivity contribution in [3.63, 3.8) is 0 Å². The lowest BCUT2D eigenvalue weighted by molar-refractivity contribution is 1.36. The highest BCUT2D eigenvalue weighted by molar-refractivity contribution is 5.46. The fourth-order valence-electron chi connectivity index (χ4n) is 0.813. The van der Waals surface area contributed by atoms with E-state index >= 15 is 0 Å². The molecule has 0 fully saturated rings. The van der Waals surface area contributed by atoms with E-state index in [-0.39, 0.29) is 0 Å². The molecule has 0 saturated carbocycles. The lowest BCUT2D eigenvalue weighted by Gasteiger charge is -1.98. The molecule has 0 aromatic heterocycles. The Morgan fingerprint density at radius 2 is 1.92 bits per heavy atom. The largest absolute Gasteiger partial charge is 0.264 e. The van der Waals surface area contributed by atoms with E-state index in [1.54, 1.807) is 12.2 Å². The van der Waals surface area contributed by atoms with Gasteiger partial charge in [0.05, 0.1) is 5.70 Å². The third kappa shape index (κ3) is 4.06. The first-order chi connectivity index (χ1) is 6.29. The molecule has 68 valence electrons. The quantitative estimate of drug-likeness (QED) is 0.446. The van der Waals surface area contributed by atoms with Gasteiger partial charge in [-0.3, -0.25) is 4.99 Å². The SMILES string of the molecule is C=C/C=C(C=C)/C(=C/C=C\C)N=C. The van der Waals surface area contributed by atoms with E-state index in [1.807, 2.05) is 31.2 Å². The van der Waals surface area contributed by atoms with Crippen LogP contribution >= 0.6 is 0 Å². The summed E-state index contributed by atoms with van der Waals surface area (Å²) in [5.74, 6) is 0. The third-order valence-electron chi connectivity index (χ3n) is 1.43. The van der Waals surface area contributed by atoms with Crippen molar-refractivity contribution in [2.45, 2.75) is 6.92 Å². The number of allylic oxidation sites excluding steroid dienone is 6. The van der Waals surface area contributed by atoms with Crippen molar-refractivity contribution in [2.24, 2.45) is 4.99 Å². The summed E-state index contributed by atoms with van der Waals surface area (Å²) in [6, 6.07) is 0. The summed E-state index contributed by atoms with van der Waals surface area (Å²) in [7, 11) is 0. The number of hydrogen-bond acceptors (Lipinski definition) is 1. The minimum atomic E-state index is 0.799. The first kappa shape index (κ1) is 11.4. The Morgan fingerprint density at radius 3 is 2.31 bits per heavy atom. The minimum Gasteiger partial charge on any atom is -0.264 e. The van der Waals surface area contributed by atoms with Gasteiger partial charge in [0.1, 0.15) is 0 Å².